The van der Waals surface area contributed by atoms with E-state index in [2.05, 4.69) is 4.99 Å². The number of carbonyl (C=O) groups excluding carboxylic acids is 1. The summed E-state index contributed by atoms with van der Waals surface area (Å²) in [5, 5.41) is 0.689. The van der Waals surface area contributed by atoms with Crippen LogP contribution in [0.5, 0.6) is 0 Å². The van der Waals surface area contributed by atoms with Crippen LogP contribution in [-0.4, -0.2) is 6.08 Å². The van der Waals surface area contributed by atoms with E-state index < -0.39 is 5.54 Å². The van der Waals surface area contributed by atoms with Crippen LogP contribution < -0.4 is 4.99 Å². The number of rotatable bonds is 2. The molecular formula is C10H11ClN4O. The Bertz CT molecular complexity index is 415. The molecule has 0 radical (unpaired) electrons. The second kappa shape index (κ2) is 6.64. The molecule has 1 aromatic carbocycles. The predicted molar refractivity (Wildman–Crippen MR) is 61.2 cm³/mol. The van der Waals surface area contributed by atoms with Gasteiger partial charge in [-0.1, -0.05) is 23.7 Å². The van der Waals surface area contributed by atoms with E-state index in [4.69, 9.17) is 22.7 Å². The van der Waals surface area contributed by atoms with Crippen LogP contribution in [0, 0.1) is 0 Å². The fraction of sp³-hybridized carbons (Fsp3) is 0.300. The molecule has 16 heavy (non-hydrogen) atoms. The smallest absolute Gasteiger partial charge is 0.373 e. The van der Waals surface area contributed by atoms with Gasteiger partial charge in [-0.05, 0) is 12.1 Å². The lowest BCUT2D eigenvalue weighted by Gasteiger charge is -2.11. The highest BCUT2D eigenvalue weighted by Crippen LogP contribution is 2.17. The second-order valence-corrected chi connectivity index (χ2v) is 3.88. The maximum atomic E-state index is 10.2. The van der Waals surface area contributed by atoms with Crippen LogP contribution in [0.3, 0.4) is 0 Å². The Morgan fingerprint density at radius 3 is 2.12 bits per heavy atom. The van der Waals surface area contributed by atoms with Gasteiger partial charge >= 0.3 is 6.08 Å². The van der Waals surface area contributed by atoms with Crippen molar-refractivity contribution in [1.82, 2.24) is 0 Å². The summed E-state index contributed by atoms with van der Waals surface area (Å²) in [6.07, 6.45) is 1.69. The van der Waals surface area contributed by atoms with Crippen LogP contribution >= 0.6 is 11.6 Å². The molecule has 1 rings (SSSR count). The van der Waals surface area contributed by atoms with E-state index in [1.165, 1.54) is 4.91 Å². The Hall–Kier alpha value is -1.80. The minimum Gasteiger partial charge on any atom is -0.373 e. The molecule has 0 atom stereocenters. The van der Waals surface area contributed by atoms with E-state index in [0.717, 1.165) is 5.56 Å². The van der Waals surface area contributed by atoms with Gasteiger partial charge < -0.3 is 11.1 Å². The lowest BCUT2D eigenvalue weighted by Crippen LogP contribution is -2.79. The predicted octanol–water partition coefficient (Wildman–Crippen LogP) is 1.86. The maximum absolute atomic E-state index is 10.2. The normalized spacial score (nSPS) is 9.19. The third-order valence-corrected chi connectivity index (χ3v) is 2.18. The molecule has 0 unspecified atom stereocenters. The second-order valence-electron chi connectivity index (χ2n) is 3.45. The average molecular weight is 239 g/mol. The van der Waals surface area contributed by atoms with Crippen molar-refractivity contribution in [2.75, 3.05) is 0 Å². The first kappa shape index (κ1) is 14.2. The molecule has 6 heteroatoms. The van der Waals surface area contributed by atoms with Gasteiger partial charge in [-0.25, -0.2) is 0 Å². The Balaban J connectivity index is 0.000000673. The molecule has 84 valence electrons. The number of halogens is 1. The summed E-state index contributed by atoms with van der Waals surface area (Å²) in [7, 11) is 0. The van der Waals surface area contributed by atoms with Crippen molar-refractivity contribution in [2.45, 2.75) is 19.4 Å². The molecular weight excluding hydrogens is 228 g/mol. The van der Waals surface area contributed by atoms with Crippen molar-refractivity contribution < 1.29 is 9.79 Å². The van der Waals surface area contributed by atoms with Crippen LogP contribution in [0.2, 0.25) is 5.02 Å². The summed E-state index contributed by atoms with van der Waals surface area (Å²) in [5.74, 6) is 0. The van der Waals surface area contributed by atoms with Gasteiger partial charge in [0.15, 0.2) is 5.54 Å². The van der Waals surface area contributed by atoms with E-state index in [1.54, 1.807) is 18.2 Å². The number of hydrogen-bond donors (Lipinski definition) is 1. The molecule has 0 heterocycles. The highest BCUT2D eigenvalue weighted by Gasteiger charge is 2.24. The fourth-order valence-electron chi connectivity index (χ4n) is 1.07. The van der Waals surface area contributed by atoms with Crippen molar-refractivity contribution in [2.24, 2.45) is 0 Å². The van der Waals surface area contributed by atoms with Crippen LogP contribution in [0.4, 0.5) is 0 Å². The molecule has 0 aromatic heterocycles. The molecule has 0 bridgehead atoms. The summed E-state index contributed by atoms with van der Waals surface area (Å²) >= 11 is 5.74. The van der Waals surface area contributed by atoms with E-state index >= 15 is 0 Å². The number of benzene rings is 1. The zero-order valence-electron chi connectivity index (χ0n) is 8.94. The van der Waals surface area contributed by atoms with E-state index in [-0.39, 0.29) is 0 Å². The number of nitrogens with one attached hydrogen (secondary N) is 1. The first-order valence-corrected chi connectivity index (χ1v) is 4.74. The molecule has 0 amide bonds. The minimum absolute atomic E-state index is 0.396. The Morgan fingerprint density at radius 1 is 1.31 bits per heavy atom. The van der Waals surface area contributed by atoms with Crippen LogP contribution in [0.25, 0.3) is 16.0 Å². The molecule has 5 nitrogen and oxygen atoms in total. The van der Waals surface area contributed by atoms with Crippen molar-refractivity contribution >= 4 is 17.7 Å². The standard InChI is InChI=1S/C10H10ClNO.N3/c1-10(2,12-7-13)8-3-5-9(11)6-4-8;1-3-2/h3-6H,1-2H3;/q;-1/p+1. The molecule has 1 aromatic rings. The maximum Gasteiger partial charge on any atom is 0.423 e. The Kier molecular flexibility index (Phi) is 5.89. The third-order valence-electron chi connectivity index (χ3n) is 1.93. The van der Waals surface area contributed by atoms with Crippen molar-refractivity contribution in [3.8, 4) is 0 Å². The van der Waals surface area contributed by atoms with Gasteiger partial charge in [-0.15, -0.1) is 0 Å². The highest BCUT2D eigenvalue weighted by molar-refractivity contribution is 6.30. The molecule has 0 spiro atoms. The topological polar surface area (TPSA) is 89.7 Å². The zero-order valence-corrected chi connectivity index (χ0v) is 9.69. The molecule has 0 saturated heterocycles. The molecule has 0 aliphatic rings. The van der Waals surface area contributed by atoms with Gasteiger partial charge in [-0.2, -0.15) is 9.79 Å². The summed E-state index contributed by atoms with van der Waals surface area (Å²) < 4.78 is 0. The largest absolute Gasteiger partial charge is 0.423 e. The van der Waals surface area contributed by atoms with Gasteiger partial charge in [0.05, 0.1) is 0 Å². The van der Waals surface area contributed by atoms with Crippen molar-refractivity contribution in [1.29, 1.82) is 0 Å². The van der Waals surface area contributed by atoms with Gasteiger partial charge in [0.25, 0.3) is 0 Å². The SMILES string of the molecule is CC(C)([NH+]=C=O)c1ccc(Cl)cc1.[N-]=[N+]=[N-]. The lowest BCUT2D eigenvalue weighted by atomic mass is 9.95. The van der Waals surface area contributed by atoms with Crippen molar-refractivity contribution in [3.05, 3.63) is 50.8 Å². The Morgan fingerprint density at radius 2 is 1.75 bits per heavy atom. The minimum atomic E-state index is -0.396. The number of isocyanates is 1. The monoisotopic (exact) mass is 238 g/mol. The third kappa shape index (κ3) is 4.62. The summed E-state index contributed by atoms with van der Waals surface area (Å²) in [5.41, 5.74) is 14.1. The first-order chi connectivity index (χ1) is 7.47. The van der Waals surface area contributed by atoms with E-state index in [0.29, 0.717) is 5.02 Å². The zero-order chi connectivity index (χ0) is 12.6. The van der Waals surface area contributed by atoms with Gasteiger partial charge in [0, 0.05) is 24.4 Å². The van der Waals surface area contributed by atoms with E-state index in [9.17, 15) is 4.79 Å². The molecule has 0 saturated carbocycles. The van der Waals surface area contributed by atoms with Gasteiger partial charge in [-0.3, -0.25) is 4.91 Å². The van der Waals surface area contributed by atoms with Crippen LogP contribution in [-0.2, 0) is 10.3 Å². The lowest BCUT2D eigenvalue weighted by molar-refractivity contribution is -0.550. The average Bonchev–Trinajstić information content (AvgIpc) is 2.19. The first-order valence-electron chi connectivity index (χ1n) is 4.36. The highest BCUT2D eigenvalue weighted by atomic mass is 35.5. The molecule has 0 fully saturated rings. The van der Waals surface area contributed by atoms with Crippen molar-refractivity contribution in [3.63, 3.8) is 0 Å². The summed E-state index contributed by atoms with van der Waals surface area (Å²) in [6, 6.07) is 7.36. The Labute approximate surface area is 98.2 Å². The fourth-order valence-corrected chi connectivity index (χ4v) is 1.19. The van der Waals surface area contributed by atoms with Crippen LogP contribution in [0.15, 0.2) is 24.3 Å². The van der Waals surface area contributed by atoms with Crippen LogP contribution in [0.1, 0.15) is 19.4 Å². The quantitative estimate of drug-likeness (QED) is 0.275. The summed E-state index contributed by atoms with van der Waals surface area (Å²) in [6.45, 7) is 3.81. The number of nitrogens with zero attached hydrogens (tertiary/aromatic N) is 3. The van der Waals surface area contributed by atoms with E-state index in [1.807, 2.05) is 26.0 Å². The number of hydrogen-bond acceptors (Lipinski definition) is 1. The van der Waals surface area contributed by atoms with Gasteiger partial charge in [0.1, 0.15) is 0 Å². The van der Waals surface area contributed by atoms with Gasteiger partial charge in [0.2, 0.25) is 0 Å². The summed E-state index contributed by atoms with van der Waals surface area (Å²) in [4.78, 5) is 14.3. The molecule has 0 aliphatic heterocycles. The molecule has 0 aliphatic carbocycles. The molecule has 1 N–H and O–H groups in total.